The summed E-state index contributed by atoms with van der Waals surface area (Å²) in [4.78, 5) is 12.2. The number of halogens is 1. The molecule has 0 atom stereocenters. The molecule has 2 N–H and O–H groups in total. The molecule has 0 radical (unpaired) electrons. The normalized spacial score (nSPS) is 12.4. The second-order valence-corrected chi connectivity index (χ2v) is 8.25. The van der Waals surface area contributed by atoms with Crippen LogP contribution in [-0.2, 0) is 4.74 Å². The number of alkyl carbamates (subject to hydrolysis) is 1. The van der Waals surface area contributed by atoms with Crippen LogP contribution < -0.4 is 10.1 Å². The van der Waals surface area contributed by atoms with Crippen molar-refractivity contribution in [3.05, 3.63) is 87.9 Å². The fraction of sp³-hybridized carbons (Fsp3) is 0.192. The van der Waals surface area contributed by atoms with Gasteiger partial charge in [0.15, 0.2) is 11.5 Å². The highest BCUT2D eigenvalue weighted by molar-refractivity contribution is 9.10. The number of phenolic OH excluding ortho intramolecular Hbond substituents is 1. The molecule has 32 heavy (non-hydrogen) atoms. The minimum atomic E-state index is -0.460. The van der Waals surface area contributed by atoms with Crippen molar-refractivity contribution in [2.75, 3.05) is 19.8 Å². The first kappa shape index (κ1) is 22.0. The number of nitrogens with one attached hydrogen (secondary N) is 1. The summed E-state index contributed by atoms with van der Waals surface area (Å²) >= 11 is 3.32. The van der Waals surface area contributed by atoms with Crippen molar-refractivity contribution in [3.63, 3.8) is 0 Å². The lowest BCUT2D eigenvalue weighted by atomic mass is 9.98. The molecule has 0 spiro atoms. The number of ether oxygens (including phenoxy) is 2. The third kappa shape index (κ3) is 4.65. The molecular formula is C26H24BrNO4. The molecule has 0 aromatic heterocycles. The van der Waals surface area contributed by atoms with Gasteiger partial charge in [-0.25, -0.2) is 4.79 Å². The fourth-order valence-corrected chi connectivity index (χ4v) is 4.40. The van der Waals surface area contributed by atoms with Crippen LogP contribution in [0.15, 0.2) is 71.2 Å². The first-order valence-corrected chi connectivity index (χ1v) is 11.3. The van der Waals surface area contributed by atoms with E-state index in [9.17, 15) is 9.90 Å². The van der Waals surface area contributed by atoms with Crippen molar-refractivity contribution in [2.45, 2.75) is 12.8 Å². The van der Waals surface area contributed by atoms with Crippen LogP contribution in [0.4, 0.5) is 4.79 Å². The summed E-state index contributed by atoms with van der Waals surface area (Å²) in [6.45, 7) is 2.91. The summed E-state index contributed by atoms with van der Waals surface area (Å²) in [5.41, 5.74) is 5.61. The van der Waals surface area contributed by atoms with Crippen LogP contribution in [0, 0.1) is 0 Å². The van der Waals surface area contributed by atoms with E-state index in [1.165, 1.54) is 22.3 Å². The maximum absolute atomic E-state index is 12.2. The van der Waals surface area contributed by atoms with Crippen LogP contribution in [-0.4, -0.2) is 31.0 Å². The second-order valence-electron chi connectivity index (χ2n) is 7.39. The van der Waals surface area contributed by atoms with E-state index in [1.807, 2.05) is 43.3 Å². The van der Waals surface area contributed by atoms with E-state index in [1.54, 1.807) is 12.1 Å². The maximum Gasteiger partial charge on any atom is 0.407 e. The molecule has 0 unspecified atom stereocenters. The summed E-state index contributed by atoms with van der Waals surface area (Å²) in [6, 6.07) is 20.0. The molecule has 0 bridgehead atoms. The lowest BCUT2D eigenvalue weighted by molar-refractivity contribution is 0.144. The van der Waals surface area contributed by atoms with Gasteiger partial charge in [0.1, 0.15) is 6.61 Å². The third-order valence-electron chi connectivity index (χ3n) is 5.37. The maximum atomic E-state index is 12.2. The van der Waals surface area contributed by atoms with Crippen LogP contribution in [0.5, 0.6) is 11.5 Å². The Morgan fingerprint density at radius 2 is 1.75 bits per heavy atom. The highest BCUT2D eigenvalue weighted by Gasteiger charge is 2.28. The van der Waals surface area contributed by atoms with Crippen molar-refractivity contribution in [1.29, 1.82) is 0 Å². The zero-order chi connectivity index (χ0) is 22.5. The highest BCUT2D eigenvalue weighted by Crippen LogP contribution is 2.44. The number of carbonyl (C=O) groups excluding carboxylic acids is 1. The van der Waals surface area contributed by atoms with Crippen molar-refractivity contribution >= 4 is 28.1 Å². The topological polar surface area (TPSA) is 67.8 Å². The number of carbonyl (C=O) groups is 1. The van der Waals surface area contributed by atoms with Gasteiger partial charge in [-0.2, -0.15) is 0 Å². The van der Waals surface area contributed by atoms with Gasteiger partial charge >= 0.3 is 6.09 Å². The number of fused-ring (bicyclic) bond motifs is 3. The Morgan fingerprint density at radius 3 is 2.41 bits per heavy atom. The lowest BCUT2D eigenvalue weighted by Gasteiger charge is -2.14. The summed E-state index contributed by atoms with van der Waals surface area (Å²) < 4.78 is 11.5. The summed E-state index contributed by atoms with van der Waals surface area (Å²) in [7, 11) is 0. The number of aromatic hydroxyl groups is 1. The predicted octanol–water partition coefficient (Wildman–Crippen LogP) is 6.11. The zero-order valence-corrected chi connectivity index (χ0v) is 19.3. The summed E-state index contributed by atoms with van der Waals surface area (Å²) in [6.07, 6.45) is 3.20. The molecule has 164 valence electrons. The SMILES string of the molecule is CCOc1cc(C=CCNC(=O)OCC2c3ccccc3-c3ccccc32)cc(Br)c1O. The van der Waals surface area contributed by atoms with Crippen LogP contribution in [0.1, 0.15) is 29.5 Å². The predicted molar refractivity (Wildman–Crippen MR) is 129 cm³/mol. The molecule has 1 aliphatic carbocycles. The van der Waals surface area contributed by atoms with Gasteiger partial charge in [-0.1, -0.05) is 60.7 Å². The minimum Gasteiger partial charge on any atom is -0.503 e. The first-order chi connectivity index (χ1) is 15.6. The minimum absolute atomic E-state index is 0.0371. The molecule has 1 amide bonds. The number of hydrogen-bond acceptors (Lipinski definition) is 4. The summed E-state index contributed by atoms with van der Waals surface area (Å²) in [5.74, 6) is 0.516. The lowest BCUT2D eigenvalue weighted by Crippen LogP contribution is -2.26. The molecule has 3 aromatic carbocycles. The average molecular weight is 494 g/mol. The molecule has 0 fully saturated rings. The van der Waals surface area contributed by atoms with Crippen LogP contribution in [0.3, 0.4) is 0 Å². The third-order valence-corrected chi connectivity index (χ3v) is 5.97. The van der Waals surface area contributed by atoms with Crippen molar-refractivity contribution in [2.24, 2.45) is 0 Å². The molecule has 0 saturated carbocycles. The van der Waals surface area contributed by atoms with Gasteiger partial charge < -0.3 is 19.9 Å². The monoisotopic (exact) mass is 493 g/mol. The number of rotatable bonds is 7. The van der Waals surface area contributed by atoms with Gasteiger partial charge in [0.05, 0.1) is 11.1 Å². The van der Waals surface area contributed by atoms with Crippen LogP contribution in [0.2, 0.25) is 0 Å². The molecule has 0 aliphatic heterocycles. The highest BCUT2D eigenvalue weighted by atomic mass is 79.9. The smallest absolute Gasteiger partial charge is 0.407 e. The van der Waals surface area contributed by atoms with Gasteiger partial charge in [0.2, 0.25) is 0 Å². The Balaban J connectivity index is 1.33. The Labute approximate surface area is 195 Å². The van der Waals surface area contributed by atoms with E-state index in [-0.39, 0.29) is 18.3 Å². The molecule has 5 nitrogen and oxygen atoms in total. The molecule has 0 heterocycles. The standard InChI is InChI=1S/C26H24BrNO4/c1-2-31-24-15-17(14-23(27)25(24)29)8-7-13-28-26(30)32-16-22-20-11-5-3-9-18(20)19-10-4-6-12-21(19)22/h3-12,14-15,22,29H,2,13,16H2,1H3,(H,28,30). The van der Waals surface area contributed by atoms with Crippen molar-refractivity contribution in [1.82, 2.24) is 5.32 Å². The number of benzene rings is 3. The van der Waals surface area contributed by atoms with E-state index < -0.39 is 6.09 Å². The Bertz CT molecular complexity index is 1110. The van der Waals surface area contributed by atoms with Crippen LogP contribution >= 0.6 is 15.9 Å². The first-order valence-electron chi connectivity index (χ1n) is 10.5. The molecule has 0 saturated heterocycles. The molecule has 3 aromatic rings. The van der Waals surface area contributed by atoms with Gasteiger partial charge in [-0.05, 0) is 62.8 Å². The molecule has 6 heteroatoms. The average Bonchev–Trinajstić information content (AvgIpc) is 3.12. The molecule has 1 aliphatic rings. The van der Waals surface area contributed by atoms with Gasteiger partial charge in [0, 0.05) is 12.5 Å². The van der Waals surface area contributed by atoms with E-state index in [0.717, 1.165) is 5.56 Å². The zero-order valence-electron chi connectivity index (χ0n) is 17.7. The van der Waals surface area contributed by atoms with E-state index in [0.29, 0.717) is 23.4 Å². The van der Waals surface area contributed by atoms with Gasteiger partial charge in [-0.3, -0.25) is 0 Å². The Hall–Kier alpha value is -3.25. The Morgan fingerprint density at radius 1 is 1.09 bits per heavy atom. The number of amides is 1. The Kier molecular flexibility index (Phi) is 6.81. The molecular weight excluding hydrogens is 470 g/mol. The van der Waals surface area contributed by atoms with Crippen molar-refractivity contribution in [3.8, 4) is 22.6 Å². The molecule has 4 rings (SSSR count). The van der Waals surface area contributed by atoms with E-state index >= 15 is 0 Å². The van der Waals surface area contributed by atoms with Crippen LogP contribution in [0.25, 0.3) is 17.2 Å². The van der Waals surface area contributed by atoms with E-state index in [4.69, 9.17) is 9.47 Å². The largest absolute Gasteiger partial charge is 0.503 e. The number of hydrogen-bond donors (Lipinski definition) is 2. The van der Waals surface area contributed by atoms with Gasteiger partial charge in [-0.15, -0.1) is 0 Å². The summed E-state index contributed by atoms with van der Waals surface area (Å²) in [5, 5.41) is 12.7. The van der Waals surface area contributed by atoms with E-state index in [2.05, 4.69) is 45.5 Å². The van der Waals surface area contributed by atoms with Gasteiger partial charge in [0.25, 0.3) is 0 Å². The quantitative estimate of drug-likeness (QED) is 0.416. The fourth-order valence-electron chi connectivity index (χ4n) is 3.94. The van der Waals surface area contributed by atoms with Crippen molar-refractivity contribution < 1.29 is 19.4 Å². The number of phenols is 1. The second kappa shape index (κ2) is 9.92.